The van der Waals surface area contributed by atoms with Crippen molar-refractivity contribution in [2.75, 3.05) is 7.11 Å². The van der Waals surface area contributed by atoms with Gasteiger partial charge in [0.1, 0.15) is 17.6 Å². The fourth-order valence-electron chi connectivity index (χ4n) is 4.34. The third kappa shape index (κ3) is 4.39. The first kappa shape index (κ1) is 21.7. The molecule has 7 heteroatoms. The van der Waals surface area contributed by atoms with Crippen molar-refractivity contribution in [3.63, 3.8) is 0 Å². The van der Waals surface area contributed by atoms with Crippen molar-refractivity contribution < 1.29 is 33.2 Å². The van der Waals surface area contributed by atoms with E-state index >= 15 is 0 Å². The van der Waals surface area contributed by atoms with Gasteiger partial charge in [0.2, 0.25) is 6.29 Å². The Morgan fingerprint density at radius 2 is 1.55 bits per heavy atom. The Bertz CT molecular complexity index is 1130. The maximum absolute atomic E-state index is 11.8. The first-order valence-electron chi connectivity index (χ1n) is 10.9. The number of hydrogen-bond acceptors (Lipinski definition) is 7. The highest BCUT2D eigenvalue weighted by Gasteiger charge is 2.54. The van der Waals surface area contributed by atoms with Crippen LogP contribution in [-0.4, -0.2) is 43.8 Å². The highest BCUT2D eigenvalue weighted by atomic mass is 16.8. The number of carbonyl (C=O) groups is 1. The highest BCUT2D eigenvalue weighted by molar-refractivity contribution is 5.83. The Kier molecular flexibility index (Phi) is 5.93. The first-order chi connectivity index (χ1) is 16.0. The second kappa shape index (κ2) is 9.02. The van der Waals surface area contributed by atoms with Gasteiger partial charge in [-0.25, -0.2) is 0 Å². The zero-order valence-electron chi connectivity index (χ0n) is 18.7. The Morgan fingerprint density at radius 3 is 2.27 bits per heavy atom. The third-order valence-electron chi connectivity index (χ3n) is 5.95. The number of fused-ring (bicyclic) bond motifs is 2. The molecule has 7 nitrogen and oxygen atoms in total. The van der Waals surface area contributed by atoms with Crippen LogP contribution in [-0.2, 0) is 23.7 Å². The molecule has 0 radical (unpaired) electrons. The molecule has 0 N–H and O–H groups in total. The van der Waals surface area contributed by atoms with Crippen molar-refractivity contribution in [2.24, 2.45) is 0 Å². The van der Waals surface area contributed by atoms with Gasteiger partial charge in [0.15, 0.2) is 18.5 Å². The monoisotopic (exact) mass is 450 g/mol. The van der Waals surface area contributed by atoms with Crippen LogP contribution >= 0.6 is 0 Å². The van der Waals surface area contributed by atoms with Crippen LogP contribution in [0.4, 0.5) is 0 Å². The maximum Gasteiger partial charge on any atom is 0.303 e. The van der Waals surface area contributed by atoms with Gasteiger partial charge in [0.05, 0.1) is 13.2 Å². The summed E-state index contributed by atoms with van der Waals surface area (Å²) in [7, 11) is 1.61. The fraction of sp³-hybridized carbons (Fsp3) is 0.346. The van der Waals surface area contributed by atoms with Crippen LogP contribution in [0.5, 0.6) is 11.5 Å². The van der Waals surface area contributed by atoms with Crippen LogP contribution < -0.4 is 9.47 Å². The molecule has 0 saturated carbocycles. The molecule has 3 aromatic rings. The Hall–Kier alpha value is -3.13. The fourth-order valence-corrected chi connectivity index (χ4v) is 4.34. The molecule has 5 rings (SSSR count). The second-order valence-electron chi connectivity index (χ2n) is 8.22. The van der Waals surface area contributed by atoms with Crippen molar-refractivity contribution >= 4 is 16.7 Å². The lowest BCUT2D eigenvalue weighted by atomic mass is 9.99. The number of hydrogen-bond donors (Lipinski definition) is 0. The maximum atomic E-state index is 11.8. The minimum atomic E-state index is -0.740. The highest BCUT2D eigenvalue weighted by Crippen LogP contribution is 2.41. The van der Waals surface area contributed by atoms with Crippen LogP contribution in [0.2, 0.25) is 0 Å². The summed E-state index contributed by atoms with van der Waals surface area (Å²) >= 11 is 0. The molecule has 2 heterocycles. The third-order valence-corrected chi connectivity index (χ3v) is 5.95. The molecule has 0 amide bonds. The van der Waals surface area contributed by atoms with E-state index in [-0.39, 0.29) is 0 Å². The molecule has 172 valence electrons. The van der Waals surface area contributed by atoms with Gasteiger partial charge in [-0.2, -0.15) is 0 Å². The quantitative estimate of drug-likeness (QED) is 0.534. The molecule has 0 aliphatic carbocycles. The van der Waals surface area contributed by atoms with E-state index in [0.29, 0.717) is 5.75 Å². The van der Waals surface area contributed by atoms with Crippen molar-refractivity contribution in [3.05, 3.63) is 72.3 Å². The molecule has 2 aliphatic heterocycles. The molecule has 33 heavy (non-hydrogen) atoms. The molecular formula is C26H26O7. The Labute approximate surface area is 192 Å². The van der Waals surface area contributed by atoms with E-state index in [2.05, 4.69) is 6.07 Å². The summed E-state index contributed by atoms with van der Waals surface area (Å²) in [6.45, 7) is 3.21. The summed E-state index contributed by atoms with van der Waals surface area (Å²) in [6, 6.07) is 21.4. The molecule has 0 unspecified atom stereocenters. The number of rotatable bonds is 5. The average Bonchev–Trinajstić information content (AvgIpc) is 3.27. The van der Waals surface area contributed by atoms with E-state index in [4.69, 9.17) is 28.4 Å². The molecule has 6 atom stereocenters. The summed E-state index contributed by atoms with van der Waals surface area (Å²) in [5, 5.41) is 2.22. The van der Waals surface area contributed by atoms with Gasteiger partial charge in [-0.15, -0.1) is 0 Å². The van der Waals surface area contributed by atoms with Crippen molar-refractivity contribution in [1.29, 1.82) is 0 Å². The normalized spacial score (nSPS) is 28.8. The minimum Gasteiger partial charge on any atom is -0.497 e. The second-order valence-corrected chi connectivity index (χ2v) is 8.22. The van der Waals surface area contributed by atoms with Crippen molar-refractivity contribution in [1.82, 2.24) is 0 Å². The van der Waals surface area contributed by atoms with E-state index < -0.39 is 43.0 Å². The van der Waals surface area contributed by atoms with Gasteiger partial charge in [0, 0.05) is 12.5 Å². The largest absolute Gasteiger partial charge is 0.497 e. The molecular weight excluding hydrogens is 424 g/mol. The SMILES string of the molecule is COc1ccc(O[C@@H]2O[C@@H](C)[C@H](OC(C)=O)[C@H]3O[C@H](c4ccc5ccccc5c4)O[C@@H]23)cc1. The van der Waals surface area contributed by atoms with Crippen LogP contribution in [0.1, 0.15) is 25.7 Å². The van der Waals surface area contributed by atoms with Gasteiger partial charge in [-0.1, -0.05) is 36.4 Å². The van der Waals surface area contributed by atoms with E-state index in [0.717, 1.165) is 22.1 Å². The lowest BCUT2D eigenvalue weighted by Crippen LogP contribution is -2.58. The molecule has 0 spiro atoms. The standard InChI is InChI=1S/C26H26O7/c1-15-22(30-16(2)27)23-24(26(29-15)31-21-12-10-20(28-3)11-13-21)33-25(32-23)19-9-8-17-6-4-5-7-18(17)14-19/h4-15,22-26H,1-3H3/t15-,22-,23+,24+,25-,26-/m0/s1. The van der Waals surface area contributed by atoms with Gasteiger partial charge >= 0.3 is 5.97 Å². The number of ether oxygens (including phenoxy) is 6. The number of methoxy groups -OCH3 is 1. The van der Waals surface area contributed by atoms with Gasteiger partial charge < -0.3 is 28.4 Å². The lowest BCUT2D eigenvalue weighted by molar-refractivity contribution is -0.246. The molecule has 3 aromatic carbocycles. The summed E-state index contributed by atoms with van der Waals surface area (Å²) in [4.78, 5) is 11.8. The van der Waals surface area contributed by atoms with E-state index in [1.54, 1.807) is 19.2 Å². The molecule has 0 aromatic heterocycles. The zero-order valence-corrected chi connectivity index (χ0v) is 18.7. The average molecular weight is 450 g/mol. The smallest absolute Gasteiger partial charge is 0.303 e. The topological polar surface area (TPSA) is 72.5 Å². The van der Waals surface area contributed by atoms with Crippen molar-refractivity contribution in [3.8, 4) is 11.5 Å². The molecule has 2 saturated heterocycles. The Morgan fingerprint density at radius 1 is 0.848 bits per heavy atom. The minimum absolute atomic E-state index is 0.401. The van der Waals surface area contributed by atoms with Gasteiger partial charge in [0.25, 0.3) is 0 Å². The number of carbonyl (C=O) groups excluding carboxylic acids is 1. The predicted octanol–water partition coefficient (Wildman–Crippen LogP) is 4.39. The summed E-state index contributed by atoms with van der Waals surface area (Å²) in [6.07, 6.45) is -3.58. The van der Waals surface area contributed by atoms with Gasteiger partial charge in [-0.05, 0) is 48.0 Å². The van der Waals surface area contributed by atoms with Crippen molar-refractivity contribution in [2.45, 2.75) is 50.8 Å². The summed E-state index contributed by atoms with van der Waals surface area (Å²) < 4.78 is 35.6. The van der Waals surface area contributed by atoms with Crippen LogP contribution in [0.15, 0.2) is 66.7 Å². The number of esters is 1. The van der Waals surface area contributed by atoms with Gasteiger partial charge in [-0.3, -0.25) is 4.79 Å². The van der Waals surface area contributed by atoms with E-state index in [9.17, 15) is 4.79 Å². The first-order valence-corrected chi connectivity index (χ1v) is 10.9. The lowest BCUT2D eigenvalue weighted by Gasteiger charge is -2.40. The number of benzene rings is 3. The van der Waals surface area contributed by atoms with Crippen LogP contribution in [0, 0.1) is 0 Å². The summed E-state index contributed by atoms with van der Waals surface area (Å²) in [5.41, 5.74) is 0.875. The van der Waals surface area contributed by atoms with Crippen LogP contribution in [0.25, 0.3) is 10.8 Å². The van der Waals surface area contributed by atoms with Crippen LogP contribution in [0.3, 0.4) is 0 Å². The zero-order chi connectivity index (χ0) is 22.9. The molecule has 0 bridgehead atoms. The summed E-state index contributed by atoms with van der Waals surface area (Å²) in [5.74, 6) is 0.932. The molecule has 2 aliphatic rings. The van der Waals surface area contributed by atoms with E-state index in [1.165, 1.54) is 6.92 Å². The predicted molar refractivity (Wildman–Crippen MR) is 120 cm³/mol. The Balaban J connectivity index is 1.42. The van der Waals surface area contributed by atoms with E-state index in [1.807, 2.05) is 55.5 Å². The molecule has 2 fully saturated rings.